The molecule has 3 atom stereocenters. The van der Waals surface area contributed by atoms with Crippen LogP contribution < -0.4 is 9.62 Å². The van der Waals surface area contributed by atoms with Crippen LogP contribution in [-0.4, -0.2) is 49.4 Å². The molecule has 0 aliphatic carbocycles. The van der Waals surface area contributed by atoms with Crippen molar-refractivity contribution >= 4 is 34.0 Å². The predicted octanol–water partition coefficient (Wildman–Crippen LogP) is 2.87. The molecule has 1 saturated heterocycles. The number of aliphatic hydroxyl groups excluding tert-OH is 2. The Morgan fingerprint density at radius 1 is 1.21 bits per heavy atom. The standard InChI is InChI=1S/C21H25N3O3S/c1-13(20(11-22)28-23-19-10-18(25)12-27-21(19)26)14-4-5-16-9-17(24(2)3)7-6-15(16)8-14/h4-9,18-19,21,23,25-26H,10,12H2,1-3H3/b20-13+. The maximum Gasteiger partial charge on any atom is 0.171 e. The van der Waals surface area contributed by atoms with Gasteiger partial charge in [0.25, 0.3) is 0 Å². The van der Waals surface area contributed by atoms with Crippen molar-refractivity contribution in [3.05, 3.63) is 46.9 Å². The first-order chi connectivity index (χ1) is 13.4. The van der Waals surface area contributed by atoms with Crippen molar-refractivity contribution in [3.8, 4) is 6.07 Å². The minimum atomic E-state index is -0.997. The minimum absolute atomic E-state index is 0.122. The number of nitrogens with zero attached hydrogens (tertiary/aromatic N) is 2. The first-order valence-corrected chi connectivity index (χ1v) is 9.93. The first kappa shape index (κ1) is 20.6. The van der Waals surface area contributed by atoms with Gasteiger partial charge in [0, 0.05) is 19.8 Å². The summed E-state index contributed by atoms with van der Waals surface area (Å²) in [4.78, 5) is 2.58. The van der Waals surface area contributed by atoms with Gasteiger partial charge in [-0.15, -0.1) is 0 Å². The smallest absolute Gasteiger partial charge is 0.171 e. The highest BCUT2D eigenvalue weighted by atomic mass is 32.2. The lowest BCUT2D eigenvalue weighted by Crippen LogP contribution is -2.46. The molecule has 6 nitrogen and oxygen atoms in total. The van der Waals surface area contributed by atoms with E-state index in [0.717, 1.165) is 39.5 Å². The molecule has 3 N–H and O–H groups in total. The van der Waals surface area contributed by atoms with Gasteiger partial charge in [0.05, 0.1) is 18.8 Å². The summed E-state index contributed by atoms with van der Waals surface area (Å²) in [5.41, 5.74) is 2.96. The molecular formula is C21H25N3O3S. The number of benzene rings is 2. The van der Waals surface area contributed by atoms with Crippen LogP contribution in [0.3, 0.4) is 0 Å². The fourth-order valence-corrected chi connectivity index (χ4v) is 3.90. The molecular weight excluding hydrogens is 374 g/mol. The molecule has 2 aromatic carbocycles. The number of nitriles is 1. The van der Waals surface area contributed by atoms with Gasteiger partial charge in [-0.05, 0) is 65.4 Å². The summed E-state index contributed by atoms with van der Waals surface area (Å²) in [6.07, 6.45) is -1.25. The van der Waals surface area contributed by atoms with Gasteiger partial charge in [-0.25, -0.2) is 0 Å². The summed E-state index contributed by atoms with van der Waals surface area (Å²) in [5.74, 6) is 0. The third-order valence-corrected chi connectivity index (χ3v) is 5.88. The van der Waals surface area contributed by atoms with Crippen LogP contribution in [0, 0.1) is 11.3 Å². The van der Waals surface area contributed by atoms with Crippen LogP contribution in [0.15, 0.2) is 41.3 Å². The van der Waals surface area contributed by atoms with Crippen LogP contribution in [0.2, 0.25) is 0 Å². The number of rotatable bonds is 5. The van der Waals surface area contributed by atoms with Gasteiger partial charge in [0.2, 0.25) is 0 Å². The van der Waals surface area contributed by atoms with E-state index in [1.165, 1.54) is 0 Å². The zero-order valence-corrected chi connectivity index (χ0v) is 17.0. The second-order valence-corrected chi connectivity index (χ2v) is 7.99. The summed E-state index contributed by atoms with van der Waals surface area (Å²) >= 11 is 1.16. The molecule has 1 heterocycles. The lowest BCUT2D eigenvalue weighted by molar-refractivity contribution is -0.168. The number of hydrogen-bond donors (Lipinski definition) is 3. The van der Waals surface area contributed by atoms with Crippen molar-refractivity contribution in [2.75, 3.05) is 25.6 Å². The van der Waals surface area contributed by atoms with Crippen LogP contribution in [0.5, 0.6) is 0 Å². The Morgan fingerprint density at radius 3 is 2.64 bits per heavy atom. The summed E-state index contributed by atoms with van der Waals surface area (Å²) in [6.45, 7) is 2.03. The minimum Gasteiger partial charge on any atom is -0.391 e. The molecule has 3 rings (SSSR count). The van der Waals surface area contributed by atoms with Crippen LogP contribution in [0.1, 0.15) is 18.9 Å². The van der Waals surface area contributed by atoms with E-state index >= 15 is 0 Å². The third kappa shape index (κ3) is 4.66. The molecule has 1 aliphatic rings. The van der Waals surface area contributed by atoms with E-state index in [1.807, 2.05) is 27.1 Å². The molecule has 0 saturated carbocycles. The normalized spacial score (nSPS) is 23.2. The van der Waals surface area contributed by atoms with Crippen LogP contribution in [-0.2, 0) is 4.74 Å². The van der Waals surface area contributed by atoms with E-state index < -0.39 is 18.4 Å². The van der Waals surface area contributed by atoms with Crippen molar-refractivity contribution in [2.24, 2.45) is 0 Å². The molecule has 1 aliphatic heterocycles. The van der Waals surface area contributed by atoms with Crippen molar-refractivity contribution in [3.63, 3.8) is 0 Å². The Morgan fingerprint density at radius 2 is 1.93 bits per heavy atom. The molecule has 0 bridgehead atoms. The molecule has 2 aromatic rings. The SMILES string of the molecule is C/C(=C(/C#N)SNC1CC(O)COC1O)c1ccc2cc(N(C)C)ccc2c1. The monoisotopic (exact) mass is 399 g/mol. The summed E-state index contributed by atoms with van der Waals surface area (Å²) < 4.78 is 8.17. The number of nitrogens with one attached hydrogen (secondary N) is 1. The van der Waals surface area contributed by atoms with E-state index in [4.69, 9.17) is 4.74 Å². The number of hydrogen-bond acceptors (Lipinski definition) is 7. The van der Waals surface area contributed by atoms with Crippen molar-refractivity contribution in [1.82, 2.24) is 4.72 Å². The fourth-order valence-electron chi connectivity index (χ4n) is 3.10. The number of ether oxygens (including phenoxy) is 1. The molecule has 3 unspecified atom stereocenters. The second-order valence-electron chi connectivity index (χ2n) is 7.15. The molecule has 148 valence electrons. The fraction of sp³-hybridized carbons (Fsp3) is 0.381. The molecule has 7 heteroatoms. The Bertz CT molecular complexity index is 923. The van der Waals surface area contributed by atoms with Gasteiger partial charge in [-0.2, -0.15) is 5.26 Å². The van der Waals surface area contributed by atoms with Crippen LogP contribution >= 0.6 is 11.9 Å². The molecule has 0 spiro atoms. The maximum atomic E-state index is 9.90. The topological polar surface area (TPSA) is 88.8 Å². The first-order valence-electron chi connectivity index (χ1n) is 9.11. The number of fused-ring (bicyclic) bond motifs is 1. The van der Waals surface area contributed by atoms with E-state index in [2.05, 4.69) is 46.0 Å². The summed E-state index contributed by atoms with van der Waals surface area (Å²) in [6, 6.07) is 14.2. The molecule has 0 aromatic heterocycles. The Labute approximate surface area is 169 Å². The van der Waals surface area contributed by atoms with Gasteiger partial charge >= 0.3 is 0 Å². The lowest BCUT2D eigenvalue weighted by Gasteiger charge is -2.31. The second kappa shape index (κ2) is 8.95. The van der Waals surface area contributed by atoms with Crippen molar-refractivity contribution < 1.29 is 14.9 Å². The van der Waals surface area contributed by atoms with E-state index in [0.29, 0.717) is 11.3 Å². The van der Waals surface area contributed by atoms with Gasteiger partial charge in [0.1, 0.15) is 11.0 Å². The third-order valence-electron chi connectivity index (χ3n) is 4.86. The highest BCUT2D eigenvalue weighted by Crippen LogP contribution is 2.29. The molecule has 0 radical (unpaired) electrons. The Kier molecular flexibility index (Phi) is 6.60. The molecule has 0 amide bonds. The molecule has 1 fully saturated rings. The zero-order chi connectivity index (χ0) is 20.3. The lowest BCUT2D eigenvalue weighted by atomic mass is 10.0. The largest absolute Gasteiger partial charge is 0.391 e. The van der Waals surface area contributed by atoms with Crippen molar-refractivity contribution in [1.29, 1.82) is 5.26 Å². The number of aliphatic hydroxyl groups is 2. The average molecular weight is 400 g/mol. The van der Waals surface area contributed by atoms with Gasteiger partial charge in [-0.1, -0.05) is 18.2 Å². The highest BCUT2D eigenvalue weighted by Gasteiger charge is 2.29. The number of anilines is 1. The molecule has 28 heavy (non-hydrogen) atoms. The highest BCUT2D eigenvalue weighted by molar-refractivity contribution is 8.01. The van der Waals surface area contributed by atoms with E-state index in [9.17, 15) is 15.5 Å². The Balaban J connectivity index is 1.80. The van der Waals surface area contributed by atoms with E-state index in [-0.39, 0.29) is 6.61 Å². The average Bonchev–Trinajstić information content (AvgIpc) is 2.69. The zero-order valence-electron chi connectivity index (χ0n) is 16.2. The maximum absolute atomic E-state index is 9.90. The predicted molar refractivity (Wildman–Crippen MR) is 114 cm³/mol. The number of allylic oxidation sites excluding steroid dienone is 2. The summed E-state index contributed by atoms with van der Waals surface area (Å²) in [7, 11) is 4.03. The quantitative estimate of drug-likeness (QED) is 0.526. The van der Waals surface area contributed by atoms with E-state index in [1.54, 1.807) is 0 Å². The van der Waals surface area contributed by atoms with Crippen LogP contribution in [0.4, 0.5) is 5.69 Å². The summed E-state index contributed by atoms with van der Waals surface area (Å²) in [5, 5.41) is 31.4. The van der Waals surface area contributed by atoms with Gasteiger partial charge in [0.15, 0.2) is 6.29 Å². The van der Waals surface area contributed by atoms with Gasteiger partial charge in [-0.3, -0.25) is 4.72 Å². The van der Waals surface area contributed by atoms with Gasteiger partial charge < -0.3 is 19.8 Å². The van der Waals surface area contributed by atoms with Crippen LogP contribution in [0.25, 0.3) is 16.3 Å². The Hall–Kier alpha value is -2.08. The van der Waals surface area contributed by atoms with Crippen molar-refractivity contribution in [2.45, 2.75) is 31.8 Å².